The van der Waals surface area contributed by atoms with Crippen LogP contribution in [0.3, 0.4) is 0 Å². The number of Topliss-reactive ketones (excluding diaryl/α,β-unsaturated/α-hetero) is 2. The number of unbranched alkanes of at least 4 members (excludes halogenated alkanes) is 2. The van der Waals surface area contributed by atoms with Gasteiger partial charge in [0.05, 0.1) is 12.2 Å². The van der Waals surface area contributed by atoms with E-state index in [4.69, 9.17) is 0 Å². The largest absolute Gasteiger partial charge is 0.332 e. The summed E-state index contributed by atoms with van der Waals surface area (Å²) in [6, 6.07) is 0. The van der Waals surface area contributed by atoms with Gasteiger partial charge in [-0.2, -0.15) is 0 Å². The van der Waals surface area contributed by atoms with E-state index in [0.717, 1.165) is 23.8 Å². The molecule has 8 nitrogen and oxygen atoms in total. The number of nitrogens with zero attached hydrogens (tertiary/aromatic N) is 4. The highest BCUT2D eigenvalue weighted by Gasteiger charge is 2.18. The second kappa shape index (κ2) is 7.58. The minimum atomic E-state index is -0.504. The van der Waals surface area contributed by atoms with Gasteiger partial charge >= 0.3 is 5.69 Å². The smallest absolute Gasteiger partial charge is 0.325 e. The van der Waals surface area contributed by atoms with Crippen LogP contribution < -0.4 is 11.2 Å². The van der Waals surface area contributed by atoms with Gasteiger partial charge in [-0.15, -0.1) is 0 Å². The summed E-state index contributed by atoms with van der Waals surface area (Å²) in [6.45, 7) is 3.49. The minimum absolute atomic E-state index is 0.0856. The number of hydrogen-bond acceptors (Lipinski definition) is 5. The quantitative estimate of drug-likeness (QED) is 0.519. The molecule has 25 heavy (non-hydrogen) atoms. The Morgan fingerprint density at radius 3 is 2.28 bits per heavy atom. The van der Waals surface area contributed by atoms with E-state index in [9.17, 15) is 19.2 Å². The fourth-order valence-electron chi connectivity index (χ4n) is 3.07. The molecular formula is C17H24N4O4. The van der Waals surface area contributed by atoms with Gasteiger partial charge in [0.1, 0.15) is 11.6 Å². The maximum absolute atomic E-state index is 12.3. The second-order valence-corrected chi connectivity index (χ2v) is 6.44. The Kier molecular flexibility index (Phi) is 5.71. The molecule has 0 aromatic carbocycles. The lowest BCUT2D eigenvalue weighted by atomic mass is 9.94. The summed E-state index contributed by atoms with van der Waals surface area (Å²) in [5.41, 5.74) is 0.0300. The predicted molar refractivity (Wildman–Crippen MR) is 93.5 cm³/mol. The van der Waals surface area contributed by atoms with Crippen LogP contribution in [0.15, 0.2) is 15.9 Å². The molecule has 2 rings (SSSR count). The number of carbonyl (C=O) groups excluding carboxylic acids is 2. The van der Waals surface area contributed by atoms with E-state index in [1.165, 1.54) is 25.5 Å². The van der Waals surface area contributed by atoms with Gasteiger partial charge in [-0.3, -0.25) is 23.5 Å². The summed E-state index contributed by atoms with van der Waals surface area (Å²) in [7, 11) is 3.04. The van der Waals surface area contributed by atoms with Crippen molar-refractivity contribution in [2.45, 2.75) is 46.1 Å². The third kappa shape index (κ3) is 3.78. The summed E-state index contributed by atoms with van der Waals surface area (Å²) >= 11 is 0. The number of fused-ring (bicyclic) bond motifs is 1. The van der Waals surface area contributed by atoms with Crippen LogP contribution in [0.2, 0.25) is 0 Å². The fourth-order valence-corrected chi connectivity index (χ4v) is 3.07. The Labute approximate surface area is 145 Å². The van der Waals surface area contributed by atoms with Gasteiger partial charge in [-0.1, -0.05) is 12.8 Å². The molecule has 0 bridgehead atoms. The molecule has 8 heteroatoms. The molecule has 0 spiro atoms. The molecule has 0 atom stereocenters. The Morgan fingerprint density at radius 1 is 1.04 bits per heavy atom. The van der Waals surface area contributed by atoms with E-state index in [-0.39, 0.29) is 17.1 Å². The Hall–Kier alpha value is -2.51. The van der Waals surface area contributed by atoms with Crippen LogP contribution in [0, 0.1) is 5.92 Å². The van der Waals surface area contributed by atoms with Crippen LogP contribution >= 0.6 is 0 Å². The molecule has 0 aliphatic heterocycles. The number of ketones is 2. The molecule has 2 heterocycles. The van der Waals surface area contributed by atoms with Gasteiger partial charge in [0.15, 0.2) is 11.2 Å². The molecule has 0 saturated carbocycles. The van der Waals surface area contributed by atoms with Gasteiger partial charge in [0, 0.05) is 20.6 Å². The highest BCUT2D eigenvalue weighted by Crippen LogP contribution is 2.14. The summed E-state index contributed by atoms with van der Waals surface area (Å²) < 4.78 is 4.19. The number of rotatable bonds is 8. The number of carbonyl (C=O) groups is 2. The SMILES string of the molecule is CC(=O)C(CCCCCn1cnc2c1c(=O)n(C)c(=O)n2C)C(C)=O. The molecule has 0 fully saturated rings. The summed E-state index contributed by atoms with van der Waals surface area (Å²) in [5.74, 6) is -0.675. The first kappa shape index (κ1) is 18.8. The highest BCUT2D eigenvalue weighted by atomic mass is 16.2. The third-order valence-corrected chi connectivity index (χ3v) is 4.59. The van der Waals surface area contributed by atoms with Gasteiger partial charge < -0.3 is 4.57 Å². The molecule has 2 aromatic rings. The van der Waals surface area contributed by atoms with Crippen molar-refractivity contribution in [3.63, 3.8) is 0 Å². The highest BCUT2D eigenvalue weighted by molar-refractivity contribution is 6.00. The summed E-state index contributed by atoms with van der Waals surface area (Å²) in [6.07, 6.45) is 4.53. The van der Waals surface area contributed by atoms with Gasteiger partial charge in [0.2, 0.25) is 0 Å². The van der Waals surface area contributed by atoms with E-state index in [2.05, 4.69) is 4.98 Å². The maximum Gasteiger partial charge on any atom is 0.332 e. The van der Waals surface area contributed by atoms with Crippen molar-refractivity contribution in [1.29, 1.82) is 0 Å². The van der Waals surface area contributed by atoms with E-state index in [1.807, 2.05) is 0 Å². The zero-order valence-corrected chi connectivity index (χ0v) is 15.1. The van der Waals surface area contributed by atoms with Crippen molar-refractivity contribution >= 4 is 22.7 Å². The molecule has 0 saturated heterocycles. The lowest BCUT2D eigenvalue weighted by Gasteiger charge is -2.10. The Morgan fingerprint density at radius 2 is 1.68 bits per heavy atom. The lowest BCUT2D eigenvalue weighted by molar-refractivity contribution is -0.130. The number of imidazole rings is 1. The van der Waals surface area contributed by atoms with Crippen LogP contribution in [-0.2, 0) is 30.2 Å². The lowest BCUT2D eigenvalue weighted by Crippen LogP contribution is -2.37. The van der Waals surface area contributed by atoms with E-state index in [0.29, 0.717) is 24.1 Å². The zero-order valence-electron chi connectivity index (χ0n) is 15.1. The Balaban J connectivity index is 2.03. The second-order valence-electron chi connectivity index (χ2n) is 6.44. The van der Waals surface area contributed by atoms with Gasteiger partial charge in [-0.25, -0.2) is 9.78 Å². The first-order valence-electron chi connectivity index (χ1n) is 8.37. The number of aryl methyl sites for hydroxylation is 2. The zero-order chi connectivity index (χ0) is 18.7. The molecule has 0 aliphatic carbocycles. The first-order valence-corrected chi connectivity index (χ1v) is 8.37. The minimum Gasteiger partial charge on any atom is -0.325 e. The topological polar surface area (TPSA) is 96.0 Å². The summed E-state index contributed by atoms with van der Waals surface area (Å²) in [4.78, 5) is 51.2. The standard InChI is InChI=1S/C17H24N4O4/c1-11(22)13(12(2)23)8-6-5-7-9-21-10-18-15-14(21)16(24)20(4)17(25)19(15)3/h10,13H,5-9H2,1-4H3. The van der Waals surface area contributed by atoms with Crippen molar-refractivity contribution < 1.29 is 9.59 Å². The van der Waals surface area contributed by atoms with Crippen LogP contribution in [0.1, 0.15) is 39.5 Å². The van der Waals surface area contributed by atoms with Crippen LogP contribution in [0.5, 0.6) is 0 Å². The van der Waals surface area contributed by atoms with Crippen molar-refractivity contribution in [2.24, 2.45) is 20.0 Å². The molecule has 0 unspecified atom stereocenters. The van der Waals surface area contributed by atoms with E-state index < -0.39 is 11.6 Å². The number of hydrogen-bond donors (Lipinski definition) is 0. The average molecular weight is 348 g/mol. The fraction of sp³-hybridized carbons (Fsp3) is 0.588. The van der Waals surface area contributed by atoms with Crippen molar-refractivity contribution in [3.05, 3.63) is 27.2 Å². The molecule has 0 aliphatic rings. The molecule has 0 radical (unpaired) electrons. The van der Waals surface area contributed by atoms with E-state index in [1.54, 1.807) is 17.9 Å². The maximum atomic E-state index is 12.3. The predicted octanol–water partition coefficient (Wildman–Crippen LogP) is 0.788. The van der Waals surface area contributed by atoms with Crippen LogP contribution in [0.25, 0.3) is 11.2 Å². The third-order valence-electron chi connectivity index (χ3n) is 4.59. The van der Waals surface area contributed by atoms with Crippen LogP contribution in [0.4, 0.5) is 0 Å². The number of aromatic nitrogens is 4. The monoisotopic (exact) mass is 348 g/mol. The van der Waals surface area contributed by atoms with Gasteiger partial charge in [0.25, 0.3) is 5.56 Å². The molecular weight excluding hydrogens is 324 g/mol. The van der Waals surface area contributed by atoms with Crippen molar-refractivity contribution in [2.75, 3.05) is 0 Å². The van der Waals surface area contributed by atoms with Crippen molar-refractivity contribution in [1.82, 2.24) is 18.7 Å². The summed E-state index contributed by atoms with van der Waals surface area (Å²) in [5, 5.41) is 0. The normalized spacial score (nSPS) is 11.4. The molecule has 0 N–H and O–H groups in total. The van der Waals surface area contributed by atoms with E-state index >= 15 is 0 Å². The first-order chi connectivity index (χ1) is 11.8. The van der Waals surface area contributed by atoms with Crippen LogP contribution in [-0.4, -0.2) is 30.3 Å². The molecule has 136 valence electrons. The van der Waals surface area contributed by atoms with Gasteiger partial charge in [-0.05, 0) is 26.7 Å². The molecule has 0 amide bonds. The average Bonchev–Trinajstić information content (AvgIpc) is 2.97. The van der Waals surface area contributed by atoms with Crippen molar-refractivity contribution in [3.8, 4) is 0 Å². The molecule has 2 aromatic heterocycles. The Bertz CT molecular complexity index is 905.